The van der Waals surface area contributed by atoms with Crippen molar-refractivity contribution in [2.45, 2.75) is 5.16 Å². The summed E-state index contributed by atoms with van der Waals surface area (Å²) in [7, 11) is 1.33. The molecule has 0 spiro atoms. The van der Waals surface area contributed by atoms with Crippen LogP contribution in [0.2, 0.25) is 0 Å². The third-order valence-corrected chi connectivity index (χ3v) is 4.45. The summed E-state index contributed by atoms with van der Waals surface area (Å²) in [6, 6.07) is 16.4. The minimum atomic E-state index is -0.412. The first-order valence-electron chi connectivity index (χ1n) is 7.87. The first-order chi connectivity index (χ1) is 12.7. The summed E-state index contributed by atoms with van der Waals surface area (Å²) in [4.78, 5) is 30.9. The fourth-order valence-corrected chi connectivity index (χ4v) is 2.93. The van der Waals surface area contributed by atoms with Gasteiger partial charge in [0.05, 0.1) is 30.3 Å². The molecular weight excluding hydrogens is 350 g/mol. The van der Waals surface area contributed by atoms with Crippen molar-refractivity contribution in [2.75, 3.05) is 18.2 Å². The standard InChI is InChI=1S/C19H17N3O3S/c1-25-18(24)14-7-9-15(10-8-14)21-17(23)12-26-19-20-11-16(22-19)13-5-3-2-4-6-13/h2-11H,12H2,1H3,(H,20,22)(H,21,23). The molecule has 0 atom stereocenters. The molecule has 0 saturated carbocycles. The quantitative estimate of drug-likeness (QED) is 0.514. The number of nitrogens with one attached hydrogen (secondary N) is 2. The van der Waals surface area contributed by atoms with E-state index in [0.717, 1.165) is 11.3 Å². The van der Waals surface area contributed by atoms with Crippen LogP contribution in [0.1, 0.15) is 10.4 Å². The second kappa shape index (κ2) is 8.35. The number of benzene rings is 2. The number of H-pyrrole nitrogens is 1. The normalized spacial score (nSPS) is 10.3. The van der Waals surface area contributed by atoms with Gasteiger partial charge in [0, 0.05) is 5.69 Å². The lowest BCUT2D eigenvalue weighted by Crippen LogP contribution is -2.14. The number of hydrogen-bond donors (Lipinski definition) is 2. The maximum Gasteiger partial charge on any atom is 0.337 e. The van der Waals surface area contributed by atoms with Crippen LogP contribution in [0.3, 0.4) is 0 Å². The summed E-state index contributed by atoms with van der Waals surface area (Å²) in [5, 5.41) is 3.46. The van der Waals surface area contributed by atoms with Gasteiger partial charge in [0.2, 0.25) is 5.91 Å². The van der Waals surface area contributed by atoms with Crippen LogP contribution in [-0.4, -0.2) is 34.7 Å². The van der Waals surface area contributed by atoms with Gasteiger partial charge in [-0.25, -0.2) is 9.78 Å². The Morgan fingerprint density at radius 2 is 1.85 bits per heavy atom. The minimum absolute atomic E-state index is 0.154. The van der Waals surface area contributed by atoms with Crippen molar-refractivity contribution in [1.82, 2.24) is 9.97 Å². The third-order valence-electron chi connectivity index (χ3n) is 3.57. The molecular formula is C19H17N3O3S. The molecule has 0 saturated heterocycles. The number of carbonyl (C=O) groups is 2. The van der Waals surface area contributed by atoms with Crippen LogP contribution in [-0.2, 0) is 9.53 Å². The fourth-order valence-electron chi connectivity index (χ4n) is 2.28. The van der Waals surface area contributed by atoms with E-state index in [1.807, 2.05) is 30.3 Å². The number of rotatable bonds is 6. The van der Waals surface area contributed by atoms with E-state index >= 15 is 0 Å². The molecule has 132 valence electrons. The summed E-state index contributed by atoms with van der Waals surface area (Å²) >= 11 is 1.32. The number of thioether (sulfide) groups is 1. The van der Waals surface area contributed by atoms with Crippen molar-refractivity contribution in [3.8, 4) is 11.3 Å². The average Bonchev–Trinajstić information content (AvgIpc) is 3.16. The zero-order valence-electron chi connectivity index (χ0n) is 14.1. The van der Waals surface area contributed by atoms with Crippen LogP contribution in [0.4, 0.5) is 5.69 Å². The van der Waals surface area contributed by atoms with Crippen molar-refractivity contribution < 1.29 is 14.3 Å². The van der Waals surface area contributed by atoms with Gasteiger partial charge in [-0.1, -0.05) is 42.1 Å². The molecule has 0 aliphatic rings. The summed E-state index contributed by atoms with van der Waals surface area (Å²) in [6.07, 6.45) is 1.75. The number of carbonyl (C=O) groups excluding carboxylic acids is 2. The molecule has 2 N–H and O–H groups in total. The smallest absolute Gasteiger partial charge is 0.337 e. The SMILES string of the molecule is COC(=O)c1ccc(NC(=O)CSc2ncc(-c3ccccc3)[nH]2)cc1. The molecule has 7 heteroatoms. The molecule has 3 aromatic rings. The molecule has 1 amide bonds. The van der Waals surface area contributed by atoms with Gasteiger partial charge in [-0.05, 0) is 29.8 Å². The Morgan fingerprint density at radius 3 is 2.54 bits per heavy atom. The van der Waals surface area contributed by atoms with Gasteiger partial charge >= 0.3 is 5.97 Å². The molecule has 0 bridgehead atoms. The molecule has 0 radical (unpaired) electrons. The molecule has 6 nitrogen and oxygen atoms in total. The second-order valence-corrected chi connectivity index (χ2v) is 6.34. The zero-order valence-corrected chi connectivity index (χ0v) is 14.9. The van der Waals surface area contributed by atoms with E-state index in [1.165, 1.54) is 18.9 Å². The number of amides is 1. The van der Waals surface area contributed by atoms with E-state index < -0.39 is 5.97 Å². The van der Waals surface area contributed by atoms with Gasteiger partial charge in [-0.3, -0.25) is 4.79 Å². The molecule has 26 heavy (non-hydrogen) atoms. The Morgan fingerprint density at radius 1 is 1.12 bits per heavy atom. The molecule has 3 rings (SSSR count). The molecule has 2 aromatic carbocycles. The van der Waals surface area contributed by atoms with Gasteiger partial charge in [-0.15, -0.1) is 0 Å². The molecule has 1 heterocycles. The number of hydrogen-bond acceptors (Lipinski definition) is 5. The Balaban J connectivity index is 1.53. The molecule has 0 aliphatic carbocycles. The first-order valence-corrected chi connectivity index (χ1v) is 8.86. The van der Waals surface area contributed by atoms with Crippen molar-refractivity contribution in [3.05, 3.63) is 66.4 Å². The number of aromatic nitrogens is 2. The molecule has 0 fully saturated rings. The van der Waals surface area contributed by atoms with Gasteiger partial charge in [0.25, 0.3) is 0 Å². The minimum Gasteiger partial charge on any atom is -0.465 e. The Kier molecular flexibility index (Phi) is 5.70. The van der Waals surface area contributed by atoms with Gasteiger partial charge < -0.3 is 15.0 Å². The largest absolute Gasteiger partial charge is 0.465 e. The lowest BCUT2D eigenvalue weighted by Gasteiger charge is -2.05. The van der Waals surface area contributed by atoms with E-state index in [4.69, 9.17) is 0 Å². The van der Waals surface area contributed by atoms with Crippen LogP contribution in [0, 0.1) is 0 Å². The van der Waals surface area contributed by atoms with Gasteiger partial charge in [0.15, 0.2) is 5.16 Å². The van der Waals surface area contributed by atoms with Gasteiger partial charge in [-0.2, -0.15) is 0 Å². The predicted octanol–water partition coefficient (Wildman–Crippen LogP) is 3.59. The van der Waals surface area contributed by atoms with Crippen LogP contribution in [0.15, 0.2) is 66.0 Å². The highest BCUT2D eigenvalue weighted by Gasteiger charge is 2.09. The maximum atomic E-state index is 12.1. The van der Waals surface area contributed by atoms with Crippen LogP contribution in [0.25, 0.3) is 11.3 Å². The summed E-state index contributed by atoms with van der Waals surface area (Å²) < 4.78 is 4.64. The zero-order chi connectivity index (χ0) is 18.4. The van der Waals surface area contributed by atoms with Gasteiger partial charge in [0.1, 0.15) is 0 Å². The Labute approximate surface area is 155 Å². The topological polar surface area (TPSA) is 84.1 Å². The Hall–Kier alpha value is -3.06. The van der Waals surface area contributed by atoms with Crippen molar-refractivity contribution >= 4 is 29.3 Å². The number of nitrogens with zero attached hydrogens (tertiary/aromatic N) is 1. The predicted molar refractivity (Wildman–Crippen MR) is 101 cm³/mol. The highest BCUT2D eigenvalue weighted by Crippen LogP contribution is 2.21. The molecule has 1 aromatic heterocycles. The van der Waals surface area contributed by atoms with Crippen molar-refractivity contribution in [3.63, 3.8) is 0 Å². The van der Waals surface area contributed by atoms with E-state index in [-0.39, 0.29) is 11.7 Å². The maximum absolute atomic E-state index is 12.1. The lowest BCUT2D eigenvalue weighted by atomic mass is 10.2. The van der Waals surface area contributed by atoms with E-state index in [9.17, 15) is 9.59 Å². The Bertz CT molecular complexity index is 892. The second-order valence-electron chi connectivity index (χ2n) is 5.37. The van der Waals surface area contributed by atoms with E-state index in [0.29, 0.717) is 16.4 Å². The number of ether oxygens (including phenoxy) is 1. The number of aromatic amines is 1. The lowest BCUT2D eigenvalue weighted by molar-refractivity contribution is -0.113. The van der Waals surface area contributed by atoms with Crippen molar-refractivity contribution in [2.24, 2.45) is 0 Å². The summed E-state index contributed by atoms with van der Waals surface area (Å²) in [5.74, 6) is -0.343. The average molecular weight is 367 g/mol. The monoisotopic (exact) mass is 367 g/mol. The number of imidazole rings is 1. The molecule has 0 aliphatic heterocycles. The highest BCUT2D eigenvalue weighted by molar-refractivity contribution is 7.99. The number of methoxy groups -OCH3 is 1. The number of esters is 1. The van der Waals surface area contributed by atoms with E-state index in [2.05, 4.69) is 20.0 Å². The fraction of sp³-hybridized carbons (Fsp3) is 0.105. The first kappa shape index (κ1) is 17.8. The highest BCUT2D eigenvalue weighted by atomic mass is 32.2. The summed E-state index contributed by atoms with van der Waals surface area (Å²) in [6.45, 7) is 0. The number of anilines is 1. The van der Waals surface area contributed by atoms with Crippen LogP contribution >= 0.6 is 11.8 Å². The van der Waals surface area contributed by atoms with Crippen LogP contribution in [0.5, 0.6) is 0 Å². The third kappa shape index (κ3) is 4.52. The summed E-state index contributed by atoms with van der Waals surface area (Å²) in [5.41, 5.74) is 3.01. The van der Waals surface area contributed by atoms with E-state index in [1.54, 1.807) is 30.5 Å². The van der Waals surface area contributed by atoms with Crippen LogP contribution < -0.4 is 5.32 Å². The van der Waals surface area contributed by atoms with Crippen molar-refractivity contribution in [1.29, 1.82) is 0 Å². The molecule has 0 unspecified atom stereocenters.